The first-order valence-electron chi connectivity index (χ1n) is 9.24. The van der Waals surface area contributed by atoms with Crippen molar-refractivity contribution in [1.29, 1.82) is 0 Å². The van der Waals surface area contributed by atoms with Gasteiger partial charge in [0.05, 0.1) is 12.0 Å². The molecule has 1 N–H and O–H groups in total. The van der Waals surface area contributed by atoms with Crippen LogP contribution in [0.3, 0.4) is 0 Å². The monoisotopic (exact) mass is 405 g/mol. The number of carbonyl (C=O) groups excluding carboxylic acids is 2. The van der Waals surface area contributed by atoms with Gasteiger partial charge in [-0.05, 0) is 75.0 Å². The topological polar surface area (TPSA) is 55.4 Å². The standard InChI is InChI=1S/C20H24BrNO3/c1-2-25-19(24)20-9-12-6-14(10-20)17(15(7-12)11-20)22-18(23)13-4-3-5-16(21)8-13/h3-5,8,12,14-15,17H,2,6-7,9-11H2,1H3,(H,22,23). The molecule has 4 saturated carbocycles. The van der Waals surface area contributed by atoms with Crippen LogP contribution in [-0.2, 0) is 9.53 Å². The molecule has 2 unspecified atom stereocenters. The van der Waals surface area contributed by atoms with Crippen molar-refractivity contribution in [3.63, 3.8) is 0 Å². The van der Waals surface area contributed by atoms with Gasteiger partial charge in [0.15, 0.2) is 0 Å². The van der Waals surface area contributed by atoms with Gasteiger partial charge in [0, 0.05) is 16.1 Å². The molecule has 1 aromatic carbocycles. The van der Waals surface area contributed by atoms with E-state index in [2.05, 4.69) is 21.2 Å². The van der Waals surface area contributed by atoms with E-state index in [4.69, 9.17) is 4.74 Å². The van der Waals surface area contributed by atoms with Gasteiger partial charge in [-0.1, -0.05) is 22.0 Å². The Labute approximate surface area is 156 Å². The van der Waals surface area contributed by atoms with Crippen molar-refractivity contribution in [2.75, 3.05) is 6.61 Å². The van der Waals surface area contributed by atoms with E-state index < -0.39 is 0 Å². The molecule has 4 nitrogen and oxygen atoms in total. The highest BCUT2D eigenvalue weighted by molar-refractivity contribution is 9.10. The van der Waals surface area contributed by atoms with Crippen LogP contribution in [0.2, 0.25) is 0 Å². The zero-order valence-electron chi connectivity index (χ0n) is 14.5. The number of esters is 1. The van der Waals surface area contributed by atoms with Crippen LogP contribution in [0.25, 0.3) is 0 Å². The molecule has 0 radical (unpaired) electrons. The minimum Gasteiger partial charge on any atom is -0.466 e. The molecule has 5 heteroatoms. The van der Waals surface area contributed by atoms with Crippen LogP contribution in [0.1, 0.15) is 49.4 Å². The molecule has 4 aliphatic carbocycles. The molecule has 2 atom stereocenters. The molecule has 0 spiro atoms. The lowest BCUT2D eigenvalue weighted by Crippen LogP contribution is -2.61. The Kier molecular flexibility index (Phi) is 4.38. The smallest absolute Gasteiger partial charge is 0.312 e. The fourth-order valence-corrected chi connectivity index (χ4v) is 6.06. The number of amides is 1. The maximum absolute atomic E-state index is 12.7. The van der Waals surface area contributed by atoms with Gasteiger partial charge >= 0.3 is 5.97 Å². The average molecular weight is 406 g/mol. The summed E-state index contributed by atoms with van der Waals surface area (Å²) in [6.45, 7) is 2.32. The first-order chi connectivity index (χ1) is 12.0. The first-order valence-corrected chi connectivity index (χ1v) is 10.0. The summed E-state index contributed by atoms with van der Waals surface area (Å²) in [5.74, 6) is 1.38. The highest BCUT2D eigenvalue weighted by Crippen LogP contribution is 2.60. The zero-order chi connectivity index (χ0) is 17.6. The summed E-state index contributed by atoms with van der Waals surface area (Å²) < 4.78 is 6.30. The highest BCUT2D eigenvalue weighted by atomic mass is 79.9. The largest absolute Gasteiger partial charge is 0.466 e. The van der Waals surface area contributed by atoms with E-state index >= 15 is 0 Å². The molecule has 4 fully saturated rings. The molecule has 4 bridgehead atoms. The van der Waals surface area contributed by atoms with E-state index in [1.54, 1.807) is 0 Å². The van der Waals surface area contributed by atoms with Crippen molar-refractivity contribution < 1.29 is 14.3 Å². The van der Waals surface area contributed by atoms with Crippen molar-refractivity contribution in [3.8, 4) is 0 Å². The minimum atomic E-state index is -0.288. The molecule has 25 heavy (non-hydrogen) atoms. The van der Waals surface area contributed by atoms with Crippen molar-refractivity contribution in [3.05, 3.63) is 34.3 Å². The maximum Gasteiger partial charge on any atom is 0.312 e. The fraction of sp³-hybridized carbons (Fsp3) is 0.600. The number of ether oxygens (including phenoxy) is 1. The van der Waals surface area contributed by atoms with Crippen molar-refractivity contribution in [2.45, 2.75) is 45.1 Å². The Morgan fingerprint density at radius 3 is 2.60 bits per heavy atom. The van der Waals surface area contributed by atoms with Crippen molar-refractivity contribution >= 4 is 27.8 Å². The van der Waals surface area contributed by atoms with Crippen LogP contribution in [0, 0.1) is 23.2 Å². The Balaban J connectivity index is 1.51. The lowest BCUT2D eigenvalue weighted by atomic mass is 9.48. The summed E-state index contributed by atoms with van der Waals surface area (Å²) in [6, 6.07) is 7.68. The van der Waals surface area contributed by atoms with Gasteiger partial charge in [-0.25, -0.2) is 0 Å². The van der Waals surface area contributed by atoms with E-state index in [1.165, 1.54) is 0 Å². The Bertz CT molecular complexity index is 688. The van der Waals surface area contributed by atoms with E-state index in [1.807, 2.05) is 31.2 Å². The molecule has 1 aromatic rings. The molecule has 134 valence electrons. The fourth-order valence-electron chi connectivity index (χ4n) is 5.66. The number of rotatable bonds is 4. The number of hydrogen-bond acceptors (Lipinski definition) is 3. The molecule has 0 aliphatic heterocycles. The first kappa shape index (κ1) is 17.1. The van der Waals surface area contributed by atoms with Crippen LogP contribution in [0.5, 0.6) is 0 Å². The zero-order valence-corrected chi connectivity index (χ0v) is 16.1. The second kappa shape index (κ2) is 6.42. The van der Waals surface area contributed by atoms with Crippen molar-refractivity contribution in [1.82, 2.24) is 5.32 Å². The quantitative estimate of drug-likeness (QED) is 0.771. The predicted molar refractivity (Wildman–Crippen MR) is 98.0 cm³/mol. The third-order valence-electron chi connectivity index (χ3n) is 6.37. The minimum absolute atomic E-state index is 0.00818. The number of benzene rings is 1. The van der Waals surface area contributed by atoms with Crippen LogP contribution in [0.4, 0.5) is 0 Å². The van der Waals surface area contributed by atoms with Crippen LogP contribution in [-0.4, -0.2) is 24.5 Å². The predicted octanol–water partition coefficient (Wildman–Crippen LogP) is 3.94. The van der Waals surface area contributed by atoms with Crippen LogP contribution < -0.4 is 5.32 Å². The van der Waals surface area contributed by atoms with Crippen molar-refractivity contribution in [2.24, 2.45) is 23.2 Å². The molecule has 1 amide bonds. The third-order valence-corrected chi connectivity index (χ3v) is 6.86. The van der Waals surface area contributed by atoms with Crippen LogP contribution in [0.15, 0.2) is 28.7 Å². The Hall–Kier alpha value is -1.36. The van der Waals surface area contributed by atoms with E-state index in [-0.39, 0.29) is 23.3 Å². The Morgan fingerprint density at radius 1 is 1.24 bits per heavy atom. The number of nitrogens with one attached hydrogen (secondary N) is 1. The molecule has 0 heterocycles. The third kappa shape index (κ3) is 3.01. The van der Waals surface area contributed by atoms with Gasteiger partial charge in [-0.15, -0.1) is 0 Å². The Morgan fingerprint density at radius 2 is 1.96 bits per heavy atom. The molecular weight excluding hydrogens is 382 g/mol. The normalized spacial score (nSPS) is 35.4. The van der Waals surface area contributed by atoms with E-state index in [0.29, 0.717) is 29.9 Å². The summed E-state index contributed by atoms with van der Waals surface area (Å²) in [5, 5.41) is 3.28. The summed E-state index contributed by atoms with van der Waals surface area (Å²) >= 11 is 3.42. The second-order valence-corrected chi connectivity index (χ2v) is 8.90. The summed E-state index contributed by atoms with van der Waals surface area (Å²) in [4.78, 5) is 25.3. The number of hydrogen-bond donors (Lipinski definition) is 1. The van der Waals surface area contributed by atoms with Gasteiger partial charge in [0.2, 0.25) is 0 Å². The van der Waals surface area contributed by atoms with Gasteiger partial charge < -0.3 is 10.1 Å². The molecule has 0 aromatic heterocycles. The highest BCUT2D eigenvalue weighted by Gasteiger charge is 2.59. The molecule has 5 rings (SSSR count). The van der Waals surface area contributed by atoms with Gasteiger partial charge in [-0.3, -0.25) is 9.59 Å². The number of halogens is 1. The van der Waals surface area contributed by atoms with Crippen LogP contribution >= 0.6 is 15.9 Å². The van der Waals surface area contributed by atoms with Gasteiger partial charge in [-0.2, -0.15) is 0 Å². The van der Waals surface area contributed by atoms with Gasteiger partial charge in [0.25, 0.3) is 5.91 Å². The summed E-state index contributed by atoms with van der Waals surface area (Å²) in [5.41, 5.74) is 0.395. The van der Waals surface area contributed by atoms with Gasteiger partial charge in [0.1, 0.15) is 0 Å². The average Bonchev–Trinajstić information content (AvgIpc) is 2.57. The molecular formula is C20H24BrNO3. The lowest BCUT2D eigenvalue weighted by molar-refractivity contribution is -0.173. The summed E-state index contributed by atoms with van der Waals surface area (Å²) in [7, 11) is 0. The molecule has 4 aliphatic rings. The van der Waals surface area contributed by atoms with E-state index in [9.17, 15) is 9.59 Å². The molecule has 0 saturated heterocycles. The second-order valence-electron chi connectivity index (χ2n) is 7.98. The summed E-state index contributed by atoms with van der Waals surface area (Å²) in [6.07, 6.45) is 4.96. The van der Waals surface area contributed by atoms with E-state index in [0.717, 1.165) is 36.6 Å². The number of carbonyl (C=O) groups is 2. The lowest BCUT2D eigenvalue weighted by Gasteiger charge is -2.58. The SMILES string of the molecule is CCOC(=O)C12CC3CC(C1)C(NC(=O)c1cccc(Br)c1)C(C3)C2. The maximum atomic E-state index is 12.7.